The summed E-state index contributed by atoms with van der Waals surface area (Å²) in [5.41, 5.74) is 4.65. The smallest absolute Gasteiger partial charge is 0.128 e. The van der Waals surface area contributed by atoms with E-state index in [-0.39, 0.29) is 11.9 Å². The number of hydrogen-bond donors (Lipinski definition) is 2. The maximum Gasteiger partial charge on any atom is 0.128 e. The quantitative estimate of drug-likeness (QED) is 0.644. The fourth-order valence-electron chi connectivity index (χ4n) is 4.18. The fourth-order valence-corrected chi connectivity index (χ4v) is 4.18. The average molecular weight is 262 g/mol. The molecule has 0 aromatic heterocycles. The molecule has 1 aromatic carbocycles. The number of hydrazine groups is 1. The molecule has 0 spiro atoms. The number of nitrogens with two attached hydrogens (primary N) is 1. The second-order valence-corrected chi connectivity index (χ2v) is 6.41. The van der Waals surface area contributed by atoms with Crippen molar-refractivity contribution in [2.24, 2.45) is 23.6 Å². The van der Waals surface area contributed by atoms with Crippen LogP contribution in [0.5, 0.6) is 0 Å². The van der Waals surface area contributed by atoms with E-state index in [4.69, 9.17) is 5.84 Å². The van der Waals surface area contributed by atoms with Crippen LogP contribution in [0.15, 0.2) is 18.2 Å². The van der Waals surface area contributed by atoms with Gasteiger partial charge in [-0.05, 0) is 56.4 Å². The molecule has 3 rings (SSSR count). The Hall–Kier alpha value is -0.930. The molecular formula is C16H23FN2. The van der Waals surface area contributed by atoms with E-state index in [2.05, 4.69) is 5.43 Å². The predicted octanol–water partition coefficient (Wildman–Crippen LogP) is 3.46. The number of benzene rings is 1. The van der Waals surface area contributed by atoms with Crippen molar-refractivity contribution in [3.05, 3.63) is 35.1 Å². The van der Waals surface area contributed by atoms with Crippen LogP contribution in [0.4, 0.5) is 4.39 Å². The third kappa shape index (κ3) is 2.54. The van der Waals surface area contributed by atoms with Gasteiger partial charge in [0, 0.05) is 11.6 Å². The van der Waals surface area contributed by atoms with Crippen LogP contribution in [0.2, 0.25) is 0 Å². The summed E-state index contributed by atoms with van der Waals surface area (Å²) in [6.07, 6.45) is 6.44. The first kappa shape index (κ1) is 13.1. The van der Waals surface area contributed by atoms with Gasteiger partial charge in [0.1, 0.15) is 5.82 Å². The highest BCUT2D eigenvalue weighted by atomic mass is 19.1. The molecule has 3 heteroatoms. The van der Waals surface area contributed by atoms with Gasteiger partial charge in [-0.2, -0.15) is 0 Å². The van der Waals surface area contributed by atoms with Crippen molar-refractivity contribution in [1.29, 1.82) is 0 Å². The van der Waals surface area contributed by atoms with Gasteiger partial charge in [0.05, 0.1) is 0 Å². The molecule has 4 atom stereocenters. The molecule has 0 aliphatic heterocycles. The van der Waals surface area contributed by atoms with E-state index in [1.54, 1.807) is 6.07 Å². The largest absolute Gasteiger partial charge is 0.271 e. The van der Waals surface area contributed by atoms with E-state index in [0.29, 0.717) is 0 Å². The minimum atomic E-state index is -0.142. The molecule has 2 aliphatic carbocycles. The lowest BCUT2D eigenvalue weighted by atomic mass is 9.82. The third-order valence-corrected chi connectivity index (χ3v) is 5.15. The number of nitrogens with one attached hydrogen (secondary N) is 1. The second-order valence-electron chi connectivity index (χ2n) is 6.41. The lowest BCUT2D eigenvalue weighted by molar-refractivity contribution is 0.277. The maximum atomic E-state index is 14.0. The lowest BCUT2D eigenvalue weighted by Crippen LogP contribution is -2.31. The van der Waals surface area contributed by atoms with Crippen LogP contribution >= 0.6 is 0 Å². The zero-order valence-corrected chi connectivity index (χ0v) is 11.5. The summed E-state index contributed by atoms with van der Waals surface area (Å²) in [5.74, 6) is 8.05. The number of rotatable bonds is 4. The molecule has 104 valence electrons. The summed E-state index contributed by atoms with van der Waals surface area (Å²) in [4.78, 5) is 0. The Morgan fingerprint density at radius 3 is 2.84 bits per heavy atom. The van der Waals surface area contributed by atoms with Crippen molar-refractivity contribution in [2.75, 3.05) is 0 Å². The van der Waals surface area contributed by atoms with Crippen LogP contribution in [-0.2, 0) is 0 Å². The molecule has 0 radical (unpaired) electrons. The van der Waals surface area contributed by atoms with Crippen LogP contribution in [0.1, 0.15) is 49.3 Å². The van der Waals surface area contributed by atoms with Crippen LogP contribution in [0.3, 0.4) is 0 Å². The summed E-state index contributed by atoms with van der Waals surface area (Å²) >= 11 is 0. The van der Waals surface area contributed by atoms with E-state index in [1.807, 2.05) is 19.1 Å². The molecule has 2 aliphatic rings. The van der Waals surface area contributed by atoms with Crippen LogP contribution in [0, 0.1) is 30.5 Å². The van der Waals surface area contributed by atoms with E-state index in [1.165, 1.54) is 25.7 Å². The first-order valence-corrected chi connectivity index (χ1v) is 7.39. The van der Waals surface area contributed by atoms with Crippen molar-refractivity contribution >= 4 is 0 Å². The average Bonchev–Trinajstić information content (AvgIpc) is 3.01. The fraction of sp³-hybridized carbons (Fsp3) is 0.625. The highest BCUT2D eigenvalue weighted by Gasteiger charge is 2.40. The zero-order chi connectivity index (χ0) is 13.4. The highest BCUT2D eigenvalue weighted by Crippen LogP contribution is 2.50. The zero-order valence-electron chi connectivity index (χ0n) is 11.5. The molecule has 0 heterocycles. The number of aryl methyl sites for hydroxylation is 1. The molecule has 1 aromatic rings. The van der Waals surface area contributed by atoms with Crippen LogP contribution in [-0.4, -0.2) is 0 Å². The SMILES string of the molecule is Cc1ccc(F)c(C(CC2CC3CCC2C3)NN)c1. The Labute approximate surface area is 114 Å². The molecule has 2 fully saturated rings. The minimum Gasteiger partial charge on any atom is -0.271 e. The Balaban J connectivity index is 1.75. The third-order valence-electron chi connectivity index (χ3n) is 5.15. The molecule has 3 N–H and O–H groups in total. The van der Waals surface area contributed by atoms with Gasteiger partial charge in [-0.1, -0.05) is 24.1 Å². The van der Waals surface area contributed by atoms with Gasteiger partial charge in [-0.15, -0.1) is 0 Å². The van der Waals surface area contributed by atoms with Crippen molar-refractivity contribution < 1.29 is 4.39 Å². The Morgan fingerprint density at radius 2 is 2.21 bits per heavy atom. The van der Waals surface area contributed by atoms with Crippen molar-refractivity contribution in [3.63, 3.8) is 0 Å². The van der Waals surface area contributed by atoms with Gasteiger partial charge >= 0.3 is 0 Å². The molecule has 2 saturated carbocycles. The van der Waals surface area contributed by atoms with Gasteiger partial charge in [0.15, 0.2) is 0 Å². The van der Waals surface area contributed by atoms with E-state index in [9.17, 15) is 4.39 Å². The number of hydrogen-bond acceptors (Lipinski definition) is 2. The molecule has 19 heavy (non-hydrogen) atoms. The second kappa shape index (κ2) is 5.22. The van der Waals surface area contributed by atoms with Gasteiger partial charge < -0.3 is 0 Å². The minimum absolute atomic E-state index is 0.0516. The van der Waals surface area contributed by atoms with Gasteiger partial charge in [0.2, 0.25) is 0 Å². The molecule has 0 amide bonds. The normalized spacial score (nSPS) is 30.8. The van der Waals surface area contributed by atoms with E-state index >= 15 is 0 Å². The summed E-state index contributed by atoms with van der Waals surface area (Å²) in [7, 11) is 0. The van der Waals surface area contributed by atoms with Crippen molar-refractivity contribution in [2.45, 2.75) is 45.1 Å². The lowest BCUT2D eigenvalue weighted by Gasteiger charge is -2.27. The van der Waals surface area contributed by atoms with Crippen LogP contribution < -0.4 is 11.3 Å². The Kier molecular flexibility index (Phi) is 3.59. The Morgan fingerprint density at radius 1 is 1.37 bits per heavy atom. The van der Waals surface area contributed by atoms with Crippen molar-refractivity contribution in [3.8, 4) is 0 Å². The predicted molar refractivity (Wildman–Crippen MR) is 74.8 cm³/mol. The molecule has 2 bridgehead atoms. The van der Waals surface area contributed by atoms with E-state index in [0.717, 1.165) is 35.3 Å². The summed E-state index contributed by atoms with van der Waals surface area (Å²) < 4.78 is 14.0. The topological polar surface area (TPSA) is 38.0 Å². The summed E-state index contributed by atoms with van der Waals surface area (Å²) in [5, 5.41) is 0. The maximum absolute atomic E-state index is 14.0. The van der Waals surface area contributed by atoms with Gasteiger partial charge in [-0.25, -0.2) is 4.39 Å². The monoisotopic (exact) mass is 262 g/mol. The first-order chi connectivity index (χ1) is 9.17. The molecular weight excluding hydrogens is 239 g/mol. The van der Waals surface area contributed by atoms with Crippen LogP contribution in [0.25, 0.3) is 0 Å². The summed E-state index contributed by atoms with van der Waals surface area (Å²) in [6.45, 7) is 1.99. The Bertz CT molecular complexity index is 460. The van der Waals surface area contributed by atoms with Gasteiger partial charge in [-0.3, -0.25) is 11.3 Å². The van der Waals surface area contributed by atoms with E-state index < -0.39 is 0 Å². The number of fused-ring (bicyclic) bond motifs is 2. The summed E-state index contributed by atoms with van der Waals surface area (Å²) in [6, 6.07) is 5.23. The molecule has 0 saturated heterocycles. The molecule has 2 nitrogen and oxygen atoms in total. The highest BCUT2D eigenvalue weighted by molar-refractivity contribution is 5.27. The van der Waals surface area contributed by atoms with Crippen molar-refractivity contribution in [1.82, 2.24) is 5.43 Å². The number of halogens is 1. The standard InChI is InChI=1S/C16H23FN2/c1-10-2-5-15(17)14(6-10)16(19-18)9-13-8-11-3-4-12(13)7-11/h2,5-6,11-13,16,19H,3-4,7-9,18H2,1H3. The van der Waals surface area contributed by atoms with Gasteiger partial charge in [0.25, 0.3) is 0 Å². The first-order valence-electron chi connectivity index (χ1n) is 7.39. The molecule has 4 unspecified atom stereocenters.